The summed E-state index contributed by atoms with van der Waals surface area (Å²) >= 11 is 0. The largest absolute Gasteiger partial charge is 0.505 e. The van der Waals surface area contributed by atoms with Crippen LogP contribution in [0.4, 0.5) is 0 Å². The molecule has 1 saturated heterocycles. The van der Waals surface area contributed by atoms with Gasteiger partial charge in [-0.25, -0.2) is 9.78 Å². The van der Waals surface area contributed by atoms with Gasteiger partial charge in [-0.15, -0.1) is 0 Å². The fourth-order valence-corrected chi connectivity index (χ4v) is 5.46. The van der Waals surface area contributed by atoms with Gasteiger partial charge in [0.25, 0.3) is 5.91 Å². The number of carbonyl (C=O) groups excluding carboxylic acids is 2. The smallest absolute Gasteiger partial charge is 0.329 e. The molecule has 4 atom stereocenters. The summed E-state index contributed by atoms with van der Waals surface area (Å²) in [5.41, 5.74) is -0.104. The van der Waals surface area contributed by atoms with Crippen LogP contribution in [-0.2, 0) is 9.53 Å². The molecule has 4 rings (SSSR count). The fraction of sp³-hybridized carbons (Fsp3) is 0.536. The molecule has 0 unspecified atom stereocenters. The number of carbonyl (C=O) groups is 2. The summed E-state index contributed by atoms with van der Waals surface area (Å²) in [6.07, 6.45) is 10.0. The van der Waals surface area contributed by atoms with E-state index in [0.29, 0.717) is 12.3 Å². The third kappa shape index (κ3) is 6.74. The van der Waals surface area contributed by atoms with Crippen molar-refractivity contribution in [3.63, 3.8) is 0 Å². The maximum Gasteiger partial charge on any atom is 0.329 e. The van der Waals surface area contributed by atoms with Gasteiger partial charge in [0, 0.05) is 6.20 Å². The second kappa shape index (κ2) is 12.0. The van der Waals surface area contributed by atoms with Crippen molar-refractivity contribution in [2.45, 2.75) is 83.0 Å². The number of ether oxygens (including phenoxy) is 2. The van der Waals surface area contributed by atoms with Gasteiger partial charge < -0.3 is 19.9 Å². The summed E-state index contributed by atoms with van der Waals surface area (Å²) in [4.78, 5) is 29.8. The Morgan fingerprint density at radius 2 is 1.77 bits per heavy atom. The number of esters is 1. The maximum absolute atomic E-state index is 13.2. The number of pyridine rings is 1. The zero-order valence-corrected chi connectivity index (χ0v) is 20.4. The number of para-hydroxylation sites is 1. The highest BCUT2D eigenvalue weighted by Gasteiger charge is 2.36. The van der Waals surface area contributed by atoms with Gasteiger partial charge in [-0.3, -0.25) is 4.79 Å². The van der Waals surface area contributed by atoms with Gasteiger partial charge in [-0.1, -0.05) is 56.7 Å². The van der Waals surface area contributed by atoms with Crippen LogP contribution in [0.2, 0.25) is 0 Å². The number of aromatic nitrogens is 1. The molecular weight excluding hydrogens is 444 g/mol. The Labute approximate surface area is 207 Å². The lowest BCUT2D eigenvalue weighted by Crippen LogP contribution is -2.47. The van der Waals surface area contributed by atoms with Gasteiger partial charge in [0.15, 0.2) is 5.69 Å². The van der Waals surface area contributed by atoms with Crippen LogP contribution >= 0.6 is 0 Å². The molecule has 1 saturated carbocycles. The molecule has 7 heteroatoms. The predicted molar refractivity (Wildman–Crippen MR) is 132 cm³/mol. The molecule has 2 aliphatic rings. The third-order valence-corrected chi connectivity index (χ3v) is 7.26. The molecular formula is C28H36N2O5. The van der Waals surface area contributed by atoms with Crippen LogP contribution in [0.1, 0.15) is 75.2 Å². The van der Waals surface area contributed by atoms with Gasteiger partial charge in [0.1, 0.15) is 29.7 Å². The van der Waals surface area contributed by atoms with Gasteiger partial charge in [0.2, 0.25) is 0 Å². The lowest BCUT2D eigenvalue weighted by molar-refractivity contribution is -0.157. The second-order valence-corrected chi connectivity index (χ2v) is 9.87. The van der Waals surface area contributed by atoms with E-state index in [-0.39, 0.29) is 23.5 Å². The van der Waals surface area contributed by atoms with Crippen molar-refractivity contribution in [3.05, 3.63) is 54.4 Å². The third-order valence-electron chi connectivity index (χ3n) is 7.26. The van der Waals surface area contributed by atoms with Crippen molar-refractivity contribution < 1.29 is 24.2 Å². The van der Waals surface area contributed by atoms with E-state index in [1.807, 2.05) is 37.3 Å². The Morgan fingerprint density at radius 3 is 2.51 bits per heavy atom. The monoisotopic (exact) mass is 480 g/mol. The molecule has 2 fully saturated rings. The fourth-order valence-electron chi connectivity index (χ4n) is 5.46. The Hall–Kier alpha value is -3.09. The number of hydrogen-bond acceptors (Lipinski definition) is 6. The first-order valence-corrected chi connectivity index (χ1v) is 12.9. The SMILES string of the molecule is C[C@@H]1OC(=O)[C@@H](NC(=O)c2ncccc2O)CCCC[C@H](CC2CCCC2)[C@H]1Oc1ccccc1. The number of aromatic hydroxyl groups is 1. The summed E-state index contributed by atoms with van der Waals surface area (Å²) in [7, 11) is 0. The topological polar surface area (TPSA) is 97.8 Å². The van der Waals surface area contributed by atoms with Crippen LogP contribution < -0.4 is 10.1 Å². The minimum Gasteiger partial charge on any atom is -0.505 e. The molecule has 2 aromatic rings. The van der Waals surface area contributed by atoms with Crippen molar-refractivity contribution in [1.29, 1.82) is 0 Å². The standard InChI is InChI=1S/C28H36N2O5/c1-19-26(35-22-13-3-2-4-14-22)21(18-20-10-5-6-11-20)12-7-8-15-23(28(33)34-19)30-27(32)25-24(31)16-9-17-29-25/h2-4,9,13-14,16-17,19-21,23,26,31H,5-8,10-12,15,18H2,1H3,(H,30,32)/t19-,21+,23-,26-/m0/s1. The van der Waals surface area contributed by atoms with Crippen LogP contribution in [-0.4, -0.2) is 40.2 Å². The average molecular weight is 481 g/mol. The summed E-state index contributed by atoms with van der Waals surface area (Å²) in [6.45, 7) is 1.89. The van der Waals surface area contributed by atoms with Gasteiger partial charge in [0.05, 0.1) is 0 Å². The molecule has 0 spiro atoms. The van der Waals surface area contributed by atoms with Crippen LogP contribution in [0.25, 0.3) is 0 Å². The first-order valence-electron chi connectivity index (χ1n) is 12.9. The first kappa shape index (κ1) is 25.0. The molecule has 7 nitrogen and oxygen atoms in total. The van der Waals surface area contributed by atoms with Crippen molar-refractivity contribution in [2.75, 3.05) is 0 Å². The van der Waals surface area contributed by atoms with E-state index in [1.54, 1.807) is 6.07 Å². The van der Waals surface area contributed by atoms with Crippen LogP contribution in [0.5, 0.6) is 11.5 Å². The van der Waals surface area contributed by atoms with Gasteiger partial charge in [-0.05, 0) is 62.3 Å². The molecule has 1 aromatic carbocycles. The molecule has 1 aromatic heterocycles. The first-order chi connectivity index (χ1) is 17.0. The van der Waals surface area contributed by atoms with E-state index in [2.05, 4.69) is 10.3 Å². The predicted octanol–water partition coefficient (Wildman–Crippen LogP) is 5.04. The number of rotatable bonds is 6. The van der Waals surface area contributed by atoms with Crippen LogP contribution in [0, 0.1) is 11.8 Å². The number of cyclic esters (lactones) is 1. The molecule has 0 radical (unpaired) electrons. The number of nitrogens with zero attached hydrogens (tertiary/aromatic N) is 1. The van der Waals surface area contributed by atoms with E-state index in [0.717, 1.165) is 31.4 Å². The molecule has 188 valence electrons. The Kier molecular flexibility index (Phi) is 8.61. The minimum absolute atomic E-state index is 0.104. The second-order valence-electron chi connectivity index (χ2n) is 9.87. The van der Waals surface area contributed by atoms with Crippen molar-refractivity contribution in [2.24, 2.45) is 11.8 Å². The molecule has 2 heterocycles. The molecule has 1 aliphatic carbocycles. The molecule has 1 amide bonds. The minimum atomic E-state index is -0.810. The summed E-state index contributed by atoms with van der Waals surface area (Å²) in [5, 5.41) is 12.7. The highest BCUT2D eigenvalue weighted by Crippen LogP contribution is 2.36. The summed E-state index contributed by atoms with van der Waals surface area (Å²) in [6, 6.07) is 11.8. The van der Waals surface area contributed by atoms with Gasteiger partial charge >= 0.3 is 5.97 Å². The van der Waals surface area contributed by atoms with Gasteiger partial charge in [-0.2, -0.15) is 0 Å². The quantitative estimate of drug-likeness (QED) is 0.563. The lowest BCUT2D eigenvalue weighted by atomic mass is 9.83. The Balaban J connectivity index is 1.50. The summed E-state index contributed by atoms with van der Waals surface area (Å²) in [5.74, 6) is 0.459. The number of benzene rings is 1. The highest BCUT2D eigenvalue weighted by molar-refractivity contribution is 5.97. The molecule has 2 N–H and O–H groups in total. The Morgan fingerprint density at radius 1 is 1.06 bits per heavy atom. The zero-order valence-electron chi connectivity index (χ0n) is 20.4. The summed E-state index contributed by atoms with van der Waals surface area (Å²) < 4.78 is 12.4. The van der Waals surface area contributed by atoms with Crippen molar-refractivity contribution in [3.8, 4) is 11.5 Å². The zero-order chi connectivity index (χ0) is 24.6. The lowest BCUT2D eigenvalue weighted by Gasteiger charge is -2.35. The van der Waals surface area contributed by atoms with Crippen LogP contribution in [0.3, 0.4) is 0 Å². The van der Waals surface area contributed by atoms with Crippen molar-refractivity contribution in [1.82, 2.24) is 10.3 Å². The normalized spacial score (nSPS) is 26.0. The maximum atomic E-state index is 13.2. The van der Waals surface area contributed by atoms with Crippen molar-refractivity contribution >= 4 is 11.9 Å². The number of hydrogen-bond donors (Lipinski definition) is 2. The van der Waals surface area contributed by atoms with E-state index < -0.39 is 24.0 Å². The molecule has 35 heavy (non-hydrogen) atoms. The molecule has 1 aliphatic heterocycles. The Bertz CT molecular complexity index is 976. The van der Waals surface area contributed by atoms with E-state index >= 15 is 0 Å². The highest BCUT2D eigenvalue weighted by atomic mass is 16.6. The molecule has 0 bridgehead atoms. The number of amides is 1. The van der Waals surface area contributed by atoms with E-state index in [1.165, 1.54) is 37.9 Å². The number of nitrogens with one attached hydrogen (secondary N) is 1. The van der Waals surface area contributed by atoms with E-state index in [9.17, 15) is 14.7 Å². The average Bonchev–Trinajstić information content (AvgIpc) is 3.37. The van der Waals surface area contributed by atoms with Crippen LogP contribution in [0.15, 0.2) is 48.7 Å². The van der Waals surface area contributed by atoms with E-state index in [4.69, 9.17) is 9.47 Å².